The van der Waals surface area contributed by atoms with Crippen molar-refractivity contribution in [2.24, 2.45) is 29.1 Å². The molecule has 2 saturated carbocycles. The average Bonchev–Trinajstić information content (AvgIpc) is 2.77. The topological polar surface area (TPSA) is 46.5 Å². The highest BCUT2D eigenvalue weighted by Gasteiger charge is 2.66. The van der Waals surface area contributed by atoms with E-state index in [0.717, 1.165) is 37.5 Å². The predicted molar refractivity (Wildman–Crippen MR) is 67.8 cm³/mol. The number of ether oxygens (including phenoxy) is 1. The summed E-state index contributed by atoms with van der Waals surface area (Å²) in [5, 5.41) is 9.42. The molecule has 0 spiro atoms. The van der Waals surface area contributed by atoms with Gasteiger partial charge in [-0.2, -0.15) is 0 Å². The maximum atomic E-state index is 11.6. The molecule has 1 heterocycles. The zero-order valence-electron chi connectivity index (χ0n) is 11.6. The van der Waals surface area contributed by atoms with Crippen molar-refractivity contribution in [3.8, 4) is 0 Å². The third-order valence-electron chi connectivity index (χ3n) is 5.89. The summed E-state index contributed by atoms with van der Waals surface area (Å²) >= 11 is 0. The van der Waals surface area contributed by atoms with E-state index in [1.165, 1.54) is 0 Å². The van der Waals surface area contributed by atoms with Crippen molar-refractivity contribution in [1.29, 1.82) is 0 Å². The van der Waals surface area contributed by atoms with Crippen LogP contribution in [0, 0.1) is 29.1 Å². The maximum absolute atomic E-state index is 11.6. The summed E-state index contributed by atoms with van der Waals surface area (Å²) < 4.78 is 5.53. The molecular weight excluding hydrogens is 228 g/mol. The Labute approximate surface area is 109 Å². The predicted octanol–water partition coefficient (Wildman–Crippen LogP) is 2.37. The van der Waals surface area contributed by atoms with Gasteiger partial charge in [-0.15, -0.1) is 0 Å². The van der Waals surface area contributed by atoms with Crippen molar-refractivity contribution in [3.05, 3.63) is 0 Å². The molecule has 0 unspecified atom stereocenters. The molecule has 2 aliphatic carbocycles. The molecule has 0 radical (unpaired) electrons. The van der Waals surface area contributed by atoms with Crippen LogP contribution in [0.5, 0.6) is 0 Å². The molecule has 0 amide bonds. The van der Waals surface area contributed by atoms with Crippen molar-refractivity contribution in [1.82, 2.24) is 0 Å². The van der Waals surface area contributed by atoms with Gasteiger partial charge >= 0.3 is 5.97 Å². The lowest BCUT2D eigenvalue weighted by Crippen LogP contribution is -2.28. The van der Waals surface area contributed by atoms with Gasteiger partial charge in [0.1, 0.15) is 6.10 Å². The van der Waals surface area contributed by atoms with Crippen LogP contribution in [0.1, 0.15) is 46.5 Å². The first-order valence-corrected chi connectivity index (χ1v) is 7.32. The molecule has 3 nitrogen and oxygen atoms in total. The normalized spacial score (nSPS) is 51.3. The van der Waals surface area contributed by atoms with Crippen molar-refractivity contribution in [3.63, 3.8) is 0 Å². The lowest BCUT2D eigenvalue weighted by Gasteiger charge is -2.28. The average molecular weight is 252 g/mol. The van der Waals surface area contributed by atoms with Crippen LogP contribution in [0.15, 0.2) is 0 Å². The number of aliphatic hydroxyl groups is 1. The highest BCUT2D eigenvalue weighted by atomic mass is 16.6. The van der Waals surface area contributed by atoms with E-state index in [1.807, 2.05) is 13.8 Å². The van der Waals surface area contributed by atoms with Gasteiger partial charge in [-0.25, -0.2) is 0 Å². The Kier molecular flexibility index (Phi) is 2.74. The van der Waals surface area contributed by atoms with Crippen LogP contribution >= 0.6 is 0 Å². The third-order valence-corrected chi connectivity index (χ3v) is 5.89. The van der Waals surface area contributed by atoms with E-state index in [2.05, 4.69) is 6.92 Å². The molecule has 3 heteroatoms. The van der Waals surface area contributed by atoms with Crippen molar-refractivity contribution >= 4 is 5.97 Å². The Balaban J connectivity index is 1.65. The van der Waals surface area contributed by atoms with Gasteiger partial charge in [0.15, 0.2) is 0 Å². The Hall–Kier alpha value is -0.570. The van der Waals surface area contributed by atoms with Crippen LogP contribution in [-0.2, 0) is 9.53 Å². The highest BCUT2D eigenvalue weighted by Crippen LogP contribution is 2.70. The number of fused-ring (bicyclic) bond motifs is 2. The molecule has 3 fully saturated rings. The Morgan fingerprint density at radius 2 is 2.28 bits per heavy atom. The summed E-state index contributed by atoms with van der Waals surface area (Å²) in [5.74, 6) is 2.05. The molecule has 3 rings (SSSR count). The lowest BCUT2D eigenvalue weighted by atomic mass is 9.77. The number of carbonyl (C=O) groups is 1. The van der Waals surface area contributed by atoms with Crippen LogP contribution in [0.4, 0.5) is 0 Å². The minimum Gasteiger partial charge on any atom is -0.462 e. The van der Waals surface area contributed by atoms with E-state index in [4.69, 9.17) is 4.74 Å². The second-order valence-electron chi connectivity index (χ2n) is 7.01. The van der Waals surface area contributed by atoms with E-state index in [1.54, 1.807) is 0 Å². The molecule has 0 aromatic carbocycles. The van der Waals surface area contributed by atoms with Crippen LogP contribution in [0.3, 0.4) is 0 Å². The van der Waals surface area contributed by atoms with Crippen LogP contribution in [0.25, 0.3) is 0 Å². The van der Waals surface area contributed by atoms with Crippen molar-refractivity contribution in [2.75, 3.05) is 0 Å². The summed E-state index contributed by atoms with van der Waals surface area (Å²) in [4.78, 5) is 11.6. The minimum atomic E-state index is -0.187. The second kappa shape index (κ2) is 3.96. The number of esters is 1. The SMILES string of the molecule is C[C@@H]1C(=O)O[C@@H]2C[C@]3(C)[C@@H](CC[C@@H](C)O)[C@@H]3C[C@H]12. The summed E-state index contributed by atoms with van der Waals surface area (Å²) in [6.45, 7) is 6.23. The van der Waals surface area contributed by atoms with Gasteiger partial charge in [0, 0.05) is 5.92 Å². The zero-order chi connectivity index (χ0) is 13.1. The van der Waals surface area contributed by atoms with Gasteiger partial charge in [0.25, 0.3) is 0 Å². The van der Waals surface area contributed by atoms with Crippen molar-refractivity contribution in [2.45, 2.75) is 58.7 Å². The van der Waals surface area contributed by atoms with Gasteiger partial charge in [-0.1, -0.05) is 13.8 Å². The monoisotopic (exact) mass is 252 g/mol. The fourth-order valence-corrected chi connectivity index (χ4v) is 4.57. The molecule has 102 valence electrons. The van der Waals surface area contributed by atoms with E-state index < -0.39 is 0 Å². The summed E-state index contributed by atoms with van der Waals surface area (Å²) in [5.41, 5.74) is 0.375. The molecule has 1 N–H and O–H groups in total. The third kappa shape index (κ3) is 1.70. The first kappa shape index (κ1) is 12.5. The Morgan fingerprint density at radius 1 is 1.56 bits per heavy atom. The number of carbonyl (C=O) groups excluding carboxylic acids is 1. The Morgan fingerprint density at radius 3 is 2.94 bits per heavy atom. The molecule has 18 heavy (non-hydrogen) atoms. The van der Waals surface area contributed by atoms with E-state index >= 15 is 0 Å². The lowest BCUT2D eigenvalue weighted by molar-refractivity contribution is -0.144. The van der Waals surface area contributed by atoms with Crippen LogP contribution in [-0.4, -0.2) is 23.3 Å². The van der Waals surface area contributed by atoms with Gasteiger partial charge in [-0.05, 0) is 49.9 Å². The summed E-state index contributed by atoms with van der Waals surface area (Å²) in [6.07, 6.45) is 4.21. The van der Waals surface area contributed by atoms with Gasteiger partial charge in [0.2, 0.25) is 0 Å². The number of hydrogen-bond donors (Lipinski definition) is 1. The largest absolute Gasteiger partial charge is 0.462 e. The molecule has 3 aliphatic rings. The van der Waals surface area contributed by atoms with Gasteiger partial charge < -0.3 is 9.84 Å². The second-order valence-corrected chi connectivity index (χ2v) is 7.01. The van der Waals surface area contributed by atoms with E-state index in [9.17, 15) is 9.90 Å². The van der Waals surface area contributed by atoms with Gasteiger partial charge in [0.05, 0.1) is 12.0 Å². The maximum Gasteiger partial charge on any atom is 0.309 e. The molecule has 7 atom stereocenters. The zero-order valence-corrected chi connectivity index (χ0v) is 11.6. The number of rotatable bonds is 3. The number of hydrogen-bond acceptors (Lipinski definition) is 3. The first-order valence-electron chi connectivity index (χ1n) is 7.32. The fourth-order valence-electron chi connectivity index (χ4n) is 4.57. The van der Waals surface area contributed by atoms with Gasteiger partial charge in [-0.3, -0.25) is 4.79 Å². The smallest absolute Gasteiger partial charge is 0.309 e. The fraction of sp³-hybridized carbons (Fsp3) is 0.933. The van der Waals surface area contributed by atoms with E-state index in [0.29, 0.717) is 11.3 Å². The minimum absolute atomic E-state index is 0.00966. The van der Waals surface area contributed by atoms with E-state index in [-0.39, 0.29) is 24.1 Å². The Bertz CT molecular complexity index is 365. The van der Waals surface area contributed by atoms with Crippen LogP contribution in [0.2, 0.25) is 0 Å². The quantitative estimate of drug-likeness (QED) is 0.784. The van der Waals surface area contributed by atoms with Crippen molar-refractivity contribution < 1.29 is 14.6 Å². The molecular formula is C15H24O3. The molecule has 0 bridgehead atoms. The number of aliphatic hydroxyl groups excluding tert-OH is 1. The molecule has 1 saturated heterocycles. The summed E-state index contributed by atoms with van der Waals surface area (Å²) in [6, 6.07) is 0. The molecule has 0 aromatic rings. The standard InChI is InChI=1S/C15H24O3/c1-8(16)4-5-11-12-6-10-9(2)14(17)18-13(10)7-15(11,12)3/h8-13,16H,4-7H2,1-3H3/t8-,9+,10-,11+,12+,13-,15-/m1/s1. The molecule has 1 aliphatic heterocycles. The molecule has 0 aromatic heterocycles. The highest BCUT2D eigenvalue weighted by molar-refractivity contribution is 5.75. The first-order chi connectivity index (χ1) is 8.43. The summed E-state index contributed by atoms with van der Waals surface area (Å²) in [7, 11) is 0. The van der Waals surface area contributed by atoms with Crippen LogP contribution < -0.4 is 0 Å².